The number of nitrogens with two attached hydrogens (primary N) is 1. The predicted octanol–water partition coefficient (Wildman–Crippen LogP) is -0.253. The van der Waals surface area contributed by atoms with Gasteiger partial charge in [-0.2, -0.15) is 0 Å². The van der Waals surface area contributed by atoms with Crippen molar-refractivity contribution in [3.05, 3.63) is 23.7 Å². The topological polar surface area (TPSA) is 98.7 Å². The van der Waals surface area contributed by atoms with Crippen LogP contribution < -0.4 is 11.1 Å². The van der Waals surface area contributed by atoms with E-state index in [1.165, 1.54) is 0 Å². The Balaban J connectivity index is 1.80. The van der Waals surface area contributed by atoms with Crippen LogP contribution >= 0.6 is 11.3 Å². The van der Waals surface area contributed by atoms with E-state index in [-0.39, 0.29) is 10.9 Å². The maximum atomic E-state index is 11.5. The Morgan fingerprint density at radius 2 is 2.44 bits per heavy atom. The van der Waals surface area contributed by atoms with Gasteiger partial charge in [0.2, 0.25) is 10.1 Å². The number of carbonyl (C=O) groups is 1. The summed E-state index contributed by atoms with van der Waals surface area (Å²) in [7, 11) is 0. The van der Waals surface area contributed by atoms with Gasteiger partial charge in [-0.3, -0.25) is 4.79 Å². The van der Waals surface area contributed by atoms with Crippen molar-refractivity contribution in [2.45, 2.75) is 6.54 Å². The lowest BCUT2D eigenvalue weighted by molar-refractivity contribution is 0.0951. The monoisotopic (exact) mass is 238 g/mol. The number of anilines is 1. The second kappa shape index (κ2) is 4.71. The molecule has 2 aromatic rings. The number of rotatable bonds is 4. The van der Waals surface area contributed by atoms with Gasteiger partial charge in [0.15, 0.2) is 0 Å². The largest absolute Gasteiger partial charge is 0.374 e. The van der Waals surface area contributed by atoms with Gasteiger partial charge in [-0.25, -0.2) is 4.98 Å². The van der Waals surface area contributed by atoms with Gasteiger partial charge in [-0.15, -0.1) is 10.2 Å². The zero-order chi connectivity index (χ0) is 11.4. The van der Waals surface area contributed by atoms with Crippen molar-refractivity contribution in [3.8, 4) is 0 Å². The third kappa shape index (κ3) is 2.54. The van der Waals surface area contributed by atoms with Crippen LogP contribution in [0.2, 0.25) is 0 Å². The van der Waals surface area contributed by atoms with E-state index in [2.05, 4.69) is 20.5 Å². The molecule has 0 fully saturated rings. The molecule has 0 aliphatic rings. The summed E-state index contributed by atoms with van der Waals surface area (Å²) < 4.78 is 1.87. The van der Waals surface area contributed by atoms with Gasteiger partial charge in [-0.05, 0) is 0 Å². The third-order valence-electron chi connectivity index (χ3n) is 1.85. The van der Waals surface area contributed by atoms with Gasteiger partial charge in [0.25, 0.3) is 5.91 Å². The van der Waals surface area contributed by atoms with E-state index in [0.29, 0.717) is 18.2 Å². The van der Waals surface area contributed by atoms with Crippen LogP contribution in [0, 0.1) is 0 Å². The first-order chi connectivity index (χ1) is 7.75. The molecule has 0 spiro atoms. The number of hydrogen-bond acceptors (Lipinski definition) is 6. The molecule has 3 N–H and O–H groups in total. The van der Waals surface area contributed by atoms with Gasteiger partial charge in [0, 0.05) is 25.5 Å². The SMILES string of the molecule is Nc1nnc(C(=O)NCCn2ccnc2)s1. The molecule has 0 aromatic carbocycles. The number of nitrogens with zero attached hydrogens (tertiary/aromatic N) is 4. The highest BCUT2D eigenvalue weighted by Crippen LogP contribution is 2.09. The molecule has 0 saturated carbocycles. The molecule has 8 heteroatoms. The maximum absolute atomic E-state index is 11.5. The zero-order valence-corrected chi connectivity index (χ0v) is 9.15. The number of nitrogens with one attached hydrogen (secondary N) is 1. The van der Waals surface area contributed by atoms with E-state index in [1.807, 2.05) is 10.8 Å². The van der Waals surface area contributed by atoms with Crippen LogP contribution in [-0.4, -0.2) is 32.2 Å². The van der Waals surface area contributed by atoms with E-state index < -0.39 is 0 Å². The Morgan fingerprint density at radius 3 is 3.06 bits per heavy atom. The Morgan fingerprint density at radius 1 is 1.56 bits per heavy atom. The summed E-state index contributed by atoms with van der Waals surface area (Å²) in [6.45, 7) is 1.18. The molecule has 2 heterocycles. The van der Waals surface area contributed by atoms with Gasteiger partial charge < -0.3 is 15.6 Å². The molecular weight excluding hydrogens is 228 g/mol. The average molecular weight is 238 g/mol. The van der Waals surface area contributed by atoms with Crippen LogP contribution in [-0.2, 0) is 6.54 Å². The molecule has 2 rings (SSSR count). The van der Waals surface area contributed by atoms with Crippen LogP contribution in [0.4, 0.5) is 5.13 Å². The summed E-state index contributed by atoms with van der Waals surface area (Å²) in [4.78, 5) is 15.4. The van der Waals surface area contributed by atoms with Crippen molar-refractivity contribution in [2.75, 3.05) is 12.3 Å². The minimum Gasteiger partial charge on any atom is -0.374 e. The highest BCUT2D eigenvalue weighted by atomic mass is 32.1. The number of nitrogen functional groups attached to an aromatic ring is 1. The second-order valence-corrected chi connectivity index (χ2v) is 4.01. The zero-order valence-electron chi connectivity index (χ0n) is 8.33. The minimum atomic E-state index is -0.255. The maximum Gasteiger partial charge on any atom is 0.282 e. The quantitative estimate of drug-likeness (QED) is 0.765. The Bertz CT molecular complexity index is 465. The van der Waals surface area contributed by atoms with Crippen molar-refractivity contribution >= 4 is 22.4 Å². The number of aromatic nitrogens is 4. The summed E-state index contributed by atoms with van der Waals surface area (Å²) in [6.07, 6.45) is 5.21. The standard InChI is InChI=1S/C8H10N6OS/c9-8-13-12-7(16-8)6(15)11-2-4-14-3-1-10-5-14/h1,3,5H,2,4H2,(H2,9,13)(H,11,15). The summed E-state index contributed by atoms with van der Waals surface area (Å²) in [5.74, 6) is -0.255. The van der Waals surface area contributed by atoms with Crippen LogP contribution in [0.5, 0.6) is 0 Å². The van der Waals surface area contributed by atoms with E-state index in [0.717, 1.165) is 11.3 Å². The number of carbonyl (C=O) groups excluding carboxylic acids is 1. The van der Waals surface area contributed by atoms with Crippen molar-refractivity contribution in [1.82, 2.24) is 25.1 Å². The van der Waals surface area contributed by atoms with Crippen LogP contribution in [0.3, 0.4) is 0 Å². The Labute approximate surface area is 95.3 Å². The summed E-state index contributed by atoms with van der Waals surface area (Å²) in [5.41, 5.74) is 5.37. The van der Waals surface area contributed by atoms with Crippen molar-refractivity contribution in [2.24, 2.45) is 0 Å². The number of imidazole rings is 1. The van der Waals surface area contributed by atoms with Crippen molar-refractivity contribution in [1.29, 1.82) is 0 Å². The average Bonchev–Trinajstić information content (AvgIpc) is 2.89. The Hall–Kier alpha value is -1.96. The van der Waals surface area contributed by atoms with Crippen molar-refractivity contribution < 1.29 is 4.79 Å². The third-order valence-corrected chi connectivity index (χ3v) is 2.60. The molecule has 0 aliphatic carbocycles. The van der Waals surface area contributed by atoms with E-state index in [4.69, 9.17) is 5.73 Å². The molecule has 84 valence electrons. The molecule has 0 bridgehead atoms. The molecule has 0 saturated heterocycles. The number of amides is 1. The molecule has 0 aliphatic heterocycles. The predicted molar refractivity (Wildman–Crippen MR) is 58.9 cm³/mol. The van der Waals surface area contributed by atoms with Crippen LogP contribution in [0.25, 0.3) is 0 Å². The first-order valence-corrected chi connectivity index (χ1v) is 5.40. The van der Waals surface area contributed by atoms with Gasteiger partial charge in [0.1, 0.15) is 0 Å². The highest BCUT2D eigenvalue weighted by Gasteiger charge is 2.10. The lowest BCUT2D eigenvalue weighted by Gasteiger charge is -2.02. The van der Waals surface area contributed by atoms with Crippen LogP contribution in [0.1, 0.15) is 9.80 Å². The summed E-state index contributed by atoms with van der Waals surface area (Å²) >= 11 is 1.07. The molecule has 0 atom stereocenters. The number of hydrogen-bond donors (Lipinski definition) is 2. The fraction of sp³-hybridized carbons (Fsp3) is 0.250. The molecule has 16 heavy (non-hydrogen) atoms. The molecular formula is C8H10N6OS. The first-order valence-electron chi connectivity index (χ1n) is 4.58. The minimum absolute atomic E-state index is 0.255. The highest BCUT2D eigenvalue weighted by molar-refractivity contribution is 7.16. The fourth-order valence-electron chi connectivity index (χ4n) is 1.12. The van der Waals surface area contributed by atoms with Crippen molar-refractivity contribution in [3.63, 3.8) is 0 Å². The van der Waals surface area contributed by atoms with E-state index in [1.54, 1.807) is 12.5 Å². The molecule has 7 nitrogen and oxygen atoms in total. The Kier molecular flexibility index (Phi) is 3.10. The normalized spacial score (nSPS) is 10.2. The molecule has 2 aromatic heterocycles. The summed E-state index contributed by atoms with van der Waals surface area (Å²) in [6, 6.07) is 0. The molecule has 1 amide bonds. The fourth-order valence-corrected chi connectivity index (χ4v) is 1.65. The van der Waals surface area contributed by atoms with E-state index >= 15 is 0 Å². The molecule has 0 radical (unpaired) electrons. The summed E-state index contributed by atoms with van der Waals surface area (Å²) in [5, 5.41) is 10.5. The second-order valence-electron chi connectivity index (χ2n) is 3.00. The van der Waals surface area contributed by atoms with Gasteiger partial charge >= 0.3 is 0 Å². The lowest BCUT2D eigenvalue weighted by atomic mass is 10.5. The first kappa shape index (κ1) is 10.6. The van der Waals surface area contributed by atoms with Gasteiger partial charge in [0.05, 0.1) is 6.33 Å². The van der Waals surface area contributed by atoms with E-state index in [9.17, 15) is 4.79 Å². The van der Waals surface area contributed by atoms with Crippen LogP contribution in [0.15, 0.2) is 18.7 Å². The molecule has 0 unspecified atom stereocenters. The lowest BCUT2D eigenvalue weighted by Crippen LogP contribution is -2.26. The van der Waals surface area contributed by atoms with Gasteiger partial charge in [-0.1, -0.05) is 11.3 Å². The smallest absolute Gasteiger partial charge is 0.282 e.